The van der Waals surface area contributed by atoms with E-state index in [-0.39, 0.29) is 6.04 Å². The first-order valence-corrected chi connectivity index (χ1v) is 7.11. The van der Waals surface area contributed by atoms with Crippen molar-refractivity contribution in [3.8, 4) is 0 Å². The second kappa shape index (κ2) is 4.98. The van der Waals surface area contributed by atoms with Crippen molar-refractivity contribution >= 4 is 11.8 Å². The van der Waals surface area contributed by atoms with E-state index < -0.39 is 0 Å². The van der Waals surface area contributed by atoms with Gasteiger partial charge in [0.05, 0.1) is 12.4 Å². The highest BCUT2D eigenvalue weighted by Gasteiger charge is 2.14. The summed E-state index contributed by atoms with van der Waals surface area (Å²) in [5, 5.41) is 2.16. The van der Waals surface area contributed by atoms with Crippen molar-refractivity contribution in [3.05, 3.63) is 59.8 Å². The topological polar surface area (TPSA) is 30.7 Å². The van der Waals surface area contributed by atoms with Crippen LogP contribution < -0.4 is 0 Å². The predicted octanol–water partition coefficient (Wildman–Crippen LogP) is 3.23. The van der Waals surface area contributed by atoms with Crippen LogP contribution in [0.1, 0.15) is 30.1 Å². The first-order valence-electron chi connectivity index (χ1n) is 6.06. The second-order valence-electron chi connectivity index (χ2n) is 4.47. The van der Waals surface area contributed by atoms with Crippen molar-refractivity contribution in [3.63, 3.8) is 0 Å². The molecule has 18 heavy (non-hydrogen) atoms. The average Bonchev–Trinajstić information content (AvgIpc) is 3.11. The number of nitrogens with zero attached hydrogens (tertiary/aromatic N) is 3. The molecular weight excluding hydrogens is 242 g/mol. The summed E-state index contributed by atoms with van der Waals surface area (Å²) in [6, 6.07) is 4.59. The van der Waals surface area contributed by atoms with Crippen molar-refractivity contribution in [1.29, 1.82) is 0 Å². The van der Waals surface area contributed by atoms with Gasteiger partial charge in [0.25, 0.3) is 0 Å². The van der Waals surface area contributed by atoms with E-state index in [0.29, 0.717) is 5.92 Å². The molecule has 0 radical (unpaired) electrons. The van der Waals surface area contributed by atoms with Crippen molar-refractivity contribution in [2.75, 3.05) is 5.75 Å². The molecule has 1 aliphatic heterocycles. The third-order valence-electron chi connectivity index (χ3n) is 3.33. The van der Waals surface area contributed by atoms with Gasteiger partial charge in [-0.15, -0.1) is 11.8 Å². The number of imidazole rings is 1. The van der Waals surface area contributed by atoms with Gasteiger partial charge in [-0.1, -0.05) is 12.1 Å². The lowest BCUT2D eigenvalue weighted by molar-refractivity contribution is 0.635. The maximum absolute atomic E-state index is 4.59. The molecule has 2 unspecified atom stereocenters. The van der Waals surface area contributed by atoms with Crippen molar-refractivity contribution in [2.45, 2.75) is 18.9 Å². The van der Waals surface area contributed by atoms with E-state index in [1.165, 1.54) is 5.56 Å². The minimum Gasteiger partial charge on any atom is -0.330 e. The number of hydrogen-bond donors (Lipinski definition) is 0. The van der Waals surface area contributed by atoms with Crippen LogP contribution in [0.15, 0.2) is 48.5 Å². The third-order valence-corrected chi connectivity index (χ3v) is 4.23. The zero-order chi connectivity index (χ0) is 12.4. The molecule has 3 nitrogen and oxygen atoms in total. The Labute approximate surface area is 111 Å². The Morgan fingerprint density at radius 2 is 2.39 bits per heavy atom. The molecule has 0 amide bonds. The summed E-state index contributed by atoms with van der Waals surface area (Å²) < 4.78 is 2.09. The zero-order valence-electron chi connectivity index (χ0n) is 10.2. The lowest BCUT2D eigenvalue weighted by Gasteiger charge is -2.14. The van der Waals surface area contributed by atoms with Crippen LogP contribution in [-0.4, -0.2) is 20.3 Å². The Hall–Kier alpha value is -1.55. The first-order chi connectivity index (χ1) is 8.84. The van der Waals surface area contributed by atoms with Gasteiger partial charge in [-0.2, -0.15) is 0 Å². The maximum Gasteiger partial charge on any atom is 0.0951 e. The molecule has 0 spiro atoms. The van der Waals surface area contributed by atoms with E-state index in [9.17, 15) is 0 Å². The fourth-order valence-electron chi connectivity index (χ4n) is 2.10. The Balaban J connectivity index is 1.80. The summed E-state index contributed by atoms with van der Waals surface area (Å²) in [5.41, 5.74) is 2.38. The molecular formula is C14H15N3S. The van der Waals surface area contributed by atoms with Gasteiger partial charge in [0, 0.05) is 36.0 Å². The maximum atomic E-state index is 4.59. The molecule has 3 heterocycles. The second-order valence-corrected chi connectivity index (χ2v) is 5.41. The van der Waals surface area contributed by atoms with Crippen LogP contribution in [-0.2, 0) is 0 Å². The fraction of sp³-hybridized carbons (Fsp3) is 0.286. The highest BCUT2D eigenvalue weighted by molar-refractivity contribution is 8.02. The molecule has 0 fully saturated rings. The average molecular weight is 257 g/mol. The van der Waals surface area contributed by atoms with E-state index in [1.807, 2.05) is 30.5 Å². The van der Waals surface area contributed by atoms with E-state index in [2.05, 4.69) is 45.1 Å². The fourth-order valence-corrected chi connectivity index (χ4v) is 3.00. The van der Waals surface area contributed by atoms with E-state index >= 15 is 0 Å². The minimum absolute atomic E-state index is 0.280. The van der Waals surface area contributed by atoms with Crippen LogP contribution in [0.25, 0.3) is 0 Å². The van der Waals surface area contributed by atoms with Crippen LogP contribution in [0.3, 0.4) is 0 Å². The van der Waals surface area contributed by atoms with Gasteiger partial charge in [0.2, 0.25) is 0 Å². The number of pyridine rings is 1. The summed E-state index contributed by atoms with van der Waals surface area (Å²) in [6.07, 6.45) is 9.84. The van der Waals surface area contributed by atoms with E-state index in [4.69, 9.17) is 0 Å². The van der Waals surface area contributed by atoms with E-state index in [0.717, 1.165) is 11.4 Å². The SMILES string of the molecule is CC(c1ccc(C2C=CSC2)nc1)n1ccnc1. The van der Waals surface area contributed by atoms with Crippen molar-refractivity contribution in [1.82, 2.24) is 14.5 Å². The minimum atomic E-state index is 0.280. The summed E-state index contributed by atoms with van der Waals surface area (Å²) in [5.74, 6) is 1.59. The quantitative estimate of drug-likeness (QED) is 0.845. The van der Waals surface area contributed by atoms with Gasteiger partial charge in [0.1, 0.15) is 0 Å². The largest absolute Gasteiger partial charge is 0.330 e. The summed E-state index contributed by atoms with van der Waals surface area (Å²) in [6.45, 7) is 2.16. The van der Waals surface area contributed by atoms with Crippen molar-refractivity contribution < 1.29 is 0 Å². The van der Waals surface area contributed by atoms with Gasteiger partial charge >= 0.3 is 0 Å². The van der Waals surface area contributed by atoms with Crippen LogP contribution in [0, 0.1) is 0 Å². The standard InChI is InChI=1S/C14H15N3S/c1-11(17-6-5-15-10-17)12-2-3-14(16-8-12)13-4-7-18-9-13/h2-8,10-11,13H,9H2,1H3. The molecule has 2 aromatic rings. The van der Waals surface area contributed by atoms with Crippen molar-refractivity contribution in [2.24, 2.45) is 0 Å². The van der Waals surface area contributed by atoms with Crippen LogP contribution >= 0.6 is 11.8 Å². The third kappa shape index (κ3) is 2.20. The van der Waals surface area contributed by atoms with Gasteiger partial charge < -0.3 is 4.57 Å². The van der Waals surface area contributed by atoms with Gasteiger partial charge in [0.15, 0.2) is 0 Å². The molecule has 0 N–H and O–H groups in total. The lowest BCUT2D eigenvalue weighted by atomic mass is 10.1. The smallest absolute Gasteiger partial charge is 0.0951 e. The van der Waals surface area contributed by atoms with E-state index in [1.54, 1.807) is 6.20 Å². The normalized spacial score (nSPS) is 20.2. The molecule has 2 aromatic heterocycles. The number of aromatic nitrogens is 3. The van der Waals surface area contributed by atoms with Crippen LogP contribution in [0.4, 0.5) is 0 Å². The summed E-state index contributed by atoms with van der Waals surface area (Å²) in [4.78, 5) is 8.67. The van der Waals surface area contributed by atoms with Gasteiger partial charge in [-0.25, -0.2) is 4.98 Å². The molecule has 2 atom stereocenters. The van der Waals surface area contributed by atoms with Crippen LogP contribution in [0.5, 0.6) is 0 Å². The Morgan fingerprint density at radius 1 is 1.44 bits per heavy atom. The zero-order valence-corrected chi connectivity index (χ0v) is 11.0. The number of rotatable bonds is 3. The molecule has 0 saturated heterocycles. The first kappa shape index (κ1) is 11.5. The Morgan fingerprint density at radius 3 is 3.00 bits per heavy atom. The highest BCUT2D eigenvalue weighted by Crippen LogP contribution is 2.28. The molecule has 92 valence electrons. The number of allylic oxidation sites excluding steroid dienone is 1. The highest BCUT2D eigenvalue weighted by atomic mass is 32.2. The number of thioether (sulfide) groups is 1. The molecule has 1 aliphatic rings. The van der Waals surface area contributed by atoms with Gasteiger partial charge in [-0.05, 0) is 24.0 Å². The lowest BCUT2D eigenvalue weighted by Crippen LogP contribution is -2.06. The molecule has 0 saturated carbocycles. The van der Waals surface area contributed by atoms with Gasteiger partial charge in [-0.3, -0.25) is 4.98 Å². The molecule has 0 aromatic carbocycles. The Kier molecular flexibility index (Phi) is 3.19. The molecule has 4 heteroatoms. The molecule has 0 aliphatic carbocycles. The summed E-state index contributed by atoms with van der Waals surface area (Å²) >= 11 is 1.85. The number of hydrogen-bond acceptors (Lipinski definition) is 3. The summed E-state index contributed by atoms with van der Waals surface area (Å²) in [7, 11) is 0. The monoisotopic (exact) mass is 257 g/mol. The molecule has 3 rings (SSSR count). The predicted molar refractivity (Wildman–Crippen MR) is 74.6 cm³/mol. The molecule has 0 bridgehead atoms. The Bertz CT molecular complexity index is 531. The van der Waals surface area contributed by atoms with Crippen LogP contribution in [0.2, 0.25) is 0 Å².